The van der Waals surface area contributed by atoms with Crippen molar-refractivity contribution in [2.45, 2.75) is 77.4 Å². The predicted octanol–water partition coefficient (Wildman–Crippen LogP) is 6.31. The summed E-state index contributed by atoms with van der Waals surface area (Å²) in [4.78, 5) is 13.7. The molecule has 0 aromatic heterocycles. The van der Waals surface area contributed by atoms with E-state index in [1.165, 1.54) is 24.8 Å². The number of hydrogen-bond acceptors (Lipinski definition) is 4. The first kappa shape index (κ1) is 23.6. The summed E-state index contributed by atoms with van der Waals surface area (Å²) in [5.74, 6) is 0.610. The molecular formula is C28H36N2O3. The second kappa shape index (κ2) is 10.6. The number of likely N-dealkylation sites (tertiary alicyclic amines) is 1. The van der Waals surface area contributed by atoms with Crippen LogP contribution in [0.2, 0.25) is 0 Å². The van der Waals surface area contributed by atoms with Gasteiger partial charge < -0.3 is 9.84 Å². The molecule has 0 spiro atoms. The van der Waals surface area contributed by atoms with Gasteiger partial charge in [0.2, 0.25) is 0 Å². The molecule has 33 heavy (non-hydrogen) atoms. The van der Waals surface area contributed by atoms with Crippen molar-refractivity contribution in [1.29, 1.82) is 5.26 Å². The van der Waals surface area contributed by atoms with Gasteiger partial charge in [-0.25, -0.2) is 0 Å². The molecule has 1 heterocycles. The summed E-state index contributed by atoms with van der Waals surface area (Å²) in [5, 5.41) is 21.4. The fourth-order valence-electron chi connectivity index (χ4n) is 5.74. The minimum absolute atomic E-state index is 0.194. The molecule has 0 bridgehead atoms. The summed E-state index contributed by atoms with van der Waals surface area (Å²) in [6.07, 6.45) is 8.30. The lowest BCUT2D eigenvalue weighted by Crippen LogP contribution is -2.38. The molecule has 1 aliphatic carbocycles. The van der Waals surface area contributed by atoms with Gasteiger partial charge in [0, 0.05) is 11.4 Å². The van der Waals surface area contributed by atoms with Crippen molar-refractivity contribution in [2.75, 3.05) is 13.1 Å². The maximum absolute atomic E-state index is 11.3. The van der Waals surface area contributed by atoms with E-state index in [4.69, 9.17) is 4.74 Å². The van der Waals surface area contributed by atoms with Gasteiger partial charge in [-0.1, -0.05) is 38.5 Å². The molecule has 1 saturated carbocycles. The van der Waals surface area contributed by atoms with Crippen molar-refractivity contribution in [2.24, 2.45) is 11.8 Å². The highest BCUT2D eigenvalue weighted by Crippen LogP contribution is 2.36. The number of hydrogen-bond donors (Lipinski definition) is 1. The summed E-state index contributed by atoms with van der Waals surface area (Å²) in [5.41, 5.74) is 1.82. The Kier molecular flexibility index (Phi) is 7.55. The number of carbonyl (C=O) groups is 1. The Morgan fingerprint density at radius 1 is 1.12 bits per heavy atom. The number of carboxylic acid groups (broad SMARTS) is 1. The first-order valence-corrected chi connectivity index (χ1v) is 12.6. The van der Waals surface area contributed by atoms with E-state index < -0.39 is 5.97 Å². The molecule has 5 heteroatoms. The first-order valence-electron chi connectivity index (χ1n) is 12.6. The average molecular weight is 449 g/mol. The van der Waals surface area contributed by atoms with Gasteiger partial charge in [-0.15, -0.1) is 0 Å². The van der Waals surface area contributed by atoms with Gasteiger partial charge in [0.1, 0.15) is 17.4 Å². The van der Waals surface area contributed by atoms with Crippen molar-refractivity contribution in [3.8, 4) is 11.8 Å². The topological polar surface area (TPSA) is 73.6 Å². The smallest absolute Gasteiger partial charge is 0.306 e. The fourth-order valence-corrected chi connectivity index (χ4v) is 5.74. The summed E-state index contributed by atoms with van der Waals surface area (Å²) in [7, 11) is 0. The largest absolute Gasteiger partial charge is 0.489 e. The van der Waals surface area contributed by atoms with Gasteiger partial charge in [-0.05, 0) is 87.0 Å². The first-order chi connectivity index (χ1) is 16.0. The van der Waals surface area contributed by atoms with Crippen molar-refractivity contribution in [3.63, 3.8) is 0 Å². The number of rotatable bonds is 7. The van der Waals surface area contributed by atoms with Crippen molar-refractivity contribution < 1.29 is 14.6 Å². The standard InChI is InChI=1S/C28H36N2O3/c1-3-19-5-10-23(11-6-19)33-27-12-9-20-7-8-22(17-24(20)25(27)18-29)26(4-2)30-15-13-21(14-16-30)28(31)32/h7-9,12,17,19,21,23,26H,3-6,10-11,13-16H2,1-2H3,(H,31,32). The number of ether oxygens (including phenoxy) is 1. The summed E-state index contributed by atoms with van der Waals surface area (Å²) < 4.78 is 6.37. The predicted molar refractivity (Wildman–Crippen MR) is 130 cm³/mol. The quantitative estimate of drug-likeness (QED) is 0.537. The molecule has 1 aliphatic heterocycles. The van der Waals surface area contributed by atoms with Gasteiger partial charge in [0.25, 0.3) is 0 Å². The van der Waals surface area contributed by atoms with Gasteiger partial charge in [-0.3, -0.25) is 9.69 Å². The highest BCUT2D eigenvalue weighted by Gasteiger charge is 2.29. The van der Waals surface area contributed by atoms with E-state index in [1.807, 2.05) is 6.07 Å². The van der Waals surface area contributed by atoms with E-state index in [0.29, 0.717) is 24.2 Å². The number of carboxylic acids is 1. The fraction of sp³-hybridized carbons (Fsp3) is 0.571. The molecule has 2 aromatic rings. The molecule has 2 aliphatic rings. The highest BCUT2D eigenvalue weighted by atomic mass is 16.5. The Labute approximate surface area is 197 Å². The maximum atomic E-state index is 11.3. The Balaban J connectivity index is 1.57. The van der Waals surface area contributed by atoms with Crippen LogP contribution in [0, 0.1) is 23.2 Å². The van der Waals surface area contributed by atoms with Crippen LogP contribution < -0.4 is 4.74 Å². The maximum Gasteiger partial charge on any atom is 0.306 e. The Morgan fingerprint density at radius 3 is 2.42 bits per heavy atom. The summed E-state index contributed by atoms with van der Waals surface area (Å²) >= 11 is 0. The van der Waals surface area contributed by atoms with Crippen LogP contribution >= 0.6 is 0 Å². The molecule has 4 rings (SSSR count). The molecule has 0 radical (unpaired) electrons. The molecule has 5 nitrogen and oxygen atoms in total. The lowest BCUT2D eigenvalue weighted by molar-refractivity contribution is -0.143. The van der Waals surface area contributed by atoms with Gasteiger partial charge in [0.15, 0.2) is 0 Å². The van der Waals surface area contributed by atoms with Crippen LogP contribution in [0.4, 0.5) is 0 Å². The zero-order chi connectivity index (χ0) is 23.4. The van der Waals surface area contributed by atoms with E-state index >= 15 is 0 Å². The van der Waals surface area contributed by atoms with Crippen LogP contribution in [0.1, 0.15) is 82.4 Å². The van der Waals surface area contributed by atoms with Crippen LogP contribution in [0.15, 0.2) is 30.3 Å². The van der Waals surface area contributed by atoms with E-state index in [-0.39, 0.29) is 18.1 Å². The van der Waals surface area contributed by atoms with Crippen LogP contribution in [-0.4, -0.2) is 35.2 Å². The lowest BCUT2D eigenvalue weighted by atomic mass is 9.86. The molecule has 1 N–H and O–H groups in total. The lowest BCUT2D eigenvalue weighted by Gasteiger charge is -2.36. The summed E-state index contributed by atoms with van der Waals surface area (Å²) in [6, 6.07) is 13.1. The van der Waals surface area contributed by atoms with Crippen LogP contribution in [0.3, 0.4) is 0 Å². The molecule has 176 valence electrons. The van der Waals surface area contributed by atoms with Gasteiger partial charge >= 0.3 is 5.97 Å². The Bertz CT molecular complexity index is 1010. The Hall–Kier alpha value is -2.58. The number of piperidine rings is 1. The molecule has 0 amide bonds. The average Bonchev–Trinajstić information content (AvgIpc) is 2.85. The van der Waals surface area contributed by atoms with Crippen molar-refractivity contribution >= 4 is 16.7 Å². The second-order valence-corrected chi connectivity index (χ2v) is 9.77. The van der Waals surface area contributed by atoms with E-state index in [0.717, 1.165) is 49.0 Å². The minimum Gasteiger partial charge on any atom is -0.489 e. The normalized spacial score (nSPS) is 23.2. The number of aliphatic carboxylic acids is 1. The van der Waals surface area contributed by atoms with Gasteiger partial charge in [0.05, 0.1) is 12.0 Å². The minimum atomic E-state index is -0.678. The van der Waals surface area contributed by atoms with Gasteiger partial charge in [-0.2, -0.15) is 5.26 Å². The zero-order valence-corrected chi connectivity index (χ0v) is 19.9. The third-order valence-corrected chi connectivity index (χ3v) is 7.87. The van der Waals surface area contributed by atoms with Crippen LogP contribution in [-0.2, 0) is 4.79 Å². The Morgan fingerprint density at radius 2 is 1.82 bits per heavy atom. The monoisotopic (exact) mass is 448 g/mol. The number of benzene rings is 2. The zero-order valence-electron chi connectivity index (χ0n) is 19.9. The number of fused-ring (bicyclic) bond motifs is 1. The molecular weight excluding hydrogens is 412 g/mol. The van der Waals surface area contributed by atoms with Crippen molar-refractivity contribution in [1.82, 2.24) is 4.90 Å². The van der Waals surface area contributed by atoms with E-state index in [1.54, 1.807) is 0 Å². The molecule has 2 aromatic carbocycles. The number of nitriles is 1. The van der Waals surface area contributed by atoms with Crippen LogP contribution in [0.25, 0.3) is 10.8 Å². The van der Waals surface area contributed by atoms with Crippen molar-refractivity contribution in [3.05, 3.63) is 41.5 Å². The van der Waals surface area contributed by atoms with E-state index in [2.05, 4.69) is 49.1 Å². The third kappa shape index (κ3) is 5.17. The molecule has 1 atom stereocenters. The molecule has 2 fully saturated rings. The van der Waals surface area contributed by atoms with E-state index in [9.17, 15) is 15.2 Å². The third-order valence-electron chi connectivity index (χ3n) is 7.87. The summed E-state index contributed by atoms with van der Waals surface area (Å²) in [6.45, 7) is 6.03. The molecule has 1 unspecified atom stereocenters. The second-order valence-electron chi connectivity index (χ2n) is 9.77. The van der Waals surface area contributed by atoms with Crippen LogP contribution in [0.5, 0.6) is 5.75 Å². The molecule has 1 saturated heterocycles. The SMILES string of the molecule is CCC1CCC(Oc2ccc3ccc(C(CC)N4CCC(C(=O)O)CC4)cc3c2C#N)CC1. The highest BCUT2D eigenvalue weighted by molar-refractivity contribution is 5.90. The number of nitrogens with zero attached hydrogens (tertiary/aromatic N) is 2.